The Bertz CT molecular complexity index is 851. The van der Waals surface area contributed by atoms with Gasteiger partial charge in [-0.25, -0.2) is 0 Å². The third-order valence-electron chi connectivity index (χ3n) is 4.87. The second-order valence-electron chi connectivity index (χ2n) is 6.80. The Morgan fingerprint density at radius 1 is 0.966 bits per heavy atom. The summed E-state index contributed by atoms with van der Waals surface area (Å²) in [4.78, 5) is 11.7. The fourth-order valence-electron chi connectivity index (χ4n) is 3.22. The van der Waals surface area contributed by atoms with Crippen LogP contribution in [0.3, 0.4) is 0 Å². The molecule has 1 fully saturated rings. The Morgan fingerprint density at radius 3 is 1.93 bits per heavy atom. The van der Waals surface area contributed by atoms with Gasteiger partial charge >= 0.3 is 12.1 Å². The number of ether oxygens (including phenoxy) is 3. The highest BCUT2D eigenvalue weighted by molar-refractivity contribution is 5.82. The van der Waals surface area contributed by atoms with E-state index in [2.05, 4.69) is 5.32 Å². The third-order valence-corrected chi connectivity index (χ3v) is 4.87. The molecule has 1 N–H and O–H groups in total. The van der Waals surface area contributed by atoms with E-state index in [-0.39, 0.29) is 11.5 Å². The van der Waals surface area contributed by atoms with Gasteiger partial charge in [-0.3, -0.25) is 4.79 Å². The lowest BCUT2D eigenvalue weighted by Gasteiger charge is -2.23. The van der Waals surface area contributed by atoms with Crippen LogP contribution in [0.4, 0.5) is 13.2 Å². The van der Waals surface area contributed by atoms with Crippen LogP contribution >= 0.6 is 0 Å². The fraction of sp³-hybridized carbons (Fsp3) is 0.381. The first-order valence-corrected chi connectivity index (χ1v) is 9.06. The smallest absolute Gasteiger partial charge is 0.471 e. The van der Waals surface area contributed by atoms with E-state index in [0.717, 1.165) is 18.4 Å². The molecule has 0 saturated heterocycles. The summed E-state index contributed by atoms with van der Waals surface area (Å²) >= 11 is 0. The molecule has 5 nitrogen and oxygen atoms in total. The first kappa shape index (κ1) is 20.8. The van der Waals surface area contributed by atoms with Crippen LogP contribution < -0.4 is 19.5 Å². The fourth-order valence-corrected chi connectivity index (χ4v) is 3.22. The minimum Gasteiger partial charge on any atom is -0.493 e. The van der Waals surface area contributed by atoms with Crippen molar-refractivity contribution in [2.75, 3.05) is 21.3 Å². The van der Waals surface area contributed by atoms with Gasteiger partial charge in [-0.1, -0.05) is 24.3 Å². The van der Waals surface area contributed by atoms with E-state index in [9.17, 15) is 18.0 Å². The van der Waals surface area contributed by atoms with Crippen LogP contribution in [0.15, 0.2) is 36.4 Å². The number of halogens is 3. The van der Waals surface area contributed by atoms with E-state index in [1.807, 2.05) is 12.1 Å². The van der Waals surface area contributed by atoms with Gasteiger partial charge in [0, 0.05) is 0 Å². The monoisotopic (exact) mass is 409 g/mol. The molecule has 29 heavy (non-hydrogen) atoms. The topological polar surface area (TPSA) is 56.8 Å². The molecule has 1 aliphatic rings. The molecule has 0 heterocycles. The van der Waals surface area contributed by atoms with Gasteiger partial charge in [-0.05, 0) is 47.6 Å². The van der Waals surface area contributed by atoms with Crippen molar-refractivity contribution in [2.45, 2.75) is 31.0 Å². The first-order chi connectivity index (χ1) is 13.8. The largest absolute Gasteiger partial charge is 0.493 e. The van der Waals surface area contributed by atoms with E-state index < -0.39 is 18.1 Å². The van der Waals surface area contributed by atoms with E-state index in [0.29, 0.717) is 22.8 Å². The Balaban J connectivity index is 2.05. The summed E-state index contributed by atoms with van der Waals surface area (Å²) in [6.45, 7) is 0. The van der Waals surface area contributed by atoms with Gasteiger partial charge in [0.05, 0.1) is 27.4 Å². The number of hydrogen-bond acceptors (Lipinski definition) is 4. The van der Waals surface area contributed by atoms with Gasteiger partial charge in [-0.2, -0.15) is 13.2 Å². The van der Waals surface area contributed by atoms with Crippen LogP contribution in [0.1, 0.15) is 41.5 Å². The standard InChI is InChI=1S/C21H22F3NO4/c1-27-16-10-15(11-17(28-2)19(16)29-3)18(25-20(26)21(22,23)24)14-8-6-13(7-9-14)12-4-5-12/h6-12,18H,4-5H2,1-3H3,(H,25,26). The molecule has 0 aromatic heterocycles. The second kappa shape index (κ2) is 8.23. The highest BCUT2D eigenvalue weighted by Gasteiger charge is 2.40. The van der Waals surface area contributed by atoms with Crippen molar-refractivity contribution in [3.8, 4) is 17.2 Å². The Labute approximate surface area is 166 Å². The summed E-state index contributed by atoms with van der Waals surface area (Å²) in [6.07, 6.45) is -2.78. The molecular weight excluding hydrogens is 387 g/mol. The van der Waals surface area contributed by atoms with Crippen LogP contribution in [-0.4, -0.2) is 33.4 Å². The zero-order valence-electron chi connectivity index (χ0n) is 16.3. The van der Waals surface area contributed by atoms with Gasteiger partial charge in [-0.15, -0.1) is 0 Å². The Morgan fingerprint density at radius 2 is 1.52 bits per heavy atom. The molecule has 1 aliphatic carbocycles. The highest BCUT2D eigenvalue weighted by Crippen LogP contribution is 2.42. The van der Waals surface area contributed by atoms with E-state index >= 15 is 0 Å². The molecule has 2 aromatic rings. The third kappa shape index (κ3) is 4.58. The zero-order valence-corrected chi connectivity index (χ0v) is 16.3. The molecule has 0 radical (unpaired) electrons. The SMILES string of the molecule is COc1cc(C(NC(=O)C(F)(F)F)c2ccc(C3CC3)cc2)cc(OC)c1OC. The number of benzene rings is 2. The number of rotatable bonds is 7. The number of carbonyl (C=O) groups excluding carboxylic acids is 1. The first-order valence-electron chi connectivity index (χ1n) is 9.06. The van der Waals surface area contributed by atoms with E-state index in [4.69, 9.17) is 14.2 Å². The van der Waals surface area contributed by atoms with Gasteiger partial charge in [0.15, 0.2) is 11.5 Å². The molecule has 1 saturated carbocycles. The van der Waals surface area contributed by atoms with Crippen LogP contribution in [0.5, 0.6) is 17.2 Å². The molecular formula is C21H22F3NO4. The lowest BCUT2D eigenvalue weighted by Crippen LogP contribution is -2.39. The van der Waals surface area contributed by atoms with Crippen molar-refractivity contribution < 1.29 is 32.2 Å². The maximum Gasteiger partial charge on any atom is 0.471 e. The molecule has 0 spiro atoms. The van der Waals surface area contributed by atoms with Gasteiger partial charge in [0.25, 0.3) is 0 Å². The highest BCUT2D eigenvalue weighted by atomic mass is 19.4. The predicted molar refractivity (Wildman–Crippen MR) is 101 cm³/mol. The van der Waals surface area contributed by atoms with Crippen LogP contribution in [-0.2, 0) is 4.79 Å². The molecule has 2 aromatic carbocycles. The normalized spacial score (nSPS) is 14.8. The zero-order chi connectivity index (χ0) is 21.2. The molecule has 1 unspecified atom stereocenters. The average molecular weight is 409 g/mol. The summed E-state index contributed by atoms with van der Waals surface area (Å²) in [5.74, 6) is -0.648. The number of hydrogen-bond donors (Lipinski definition) is 1. The molecule has 3 rings (SSSR count). The van der Waals surface area contributed by atoms with Gasteiger partial charge in [0.1, 0.15) is 0 Å². The van der Waals surface area contributed by atoms with Crippen molar-refractivity contribution in [2.24, 2.45) is 0 Å². The van der Waals surface area contributed by atoms with Crippen molar-refractivity contribution in [3.63, 3.8) is 0 Å². The number of alkyl halides is 3. The molecule has 156 valence electrons. The summed E-state index contributed by atoms with van der Waals surface area (Å²) < 4.78 is 54.7. The summed E-state index contributed by atoms with van der Waals surface area (Å²) in [6, 6.07) is 9.24. The van der Waals surface area contributed by atoms with Crippen LogP contribution in [0.25, 0.3) is 0 Å². The van der Waals surface area contributed by atoms with Crippen molar-refractivity contribution in [1.82, 2.24) is 5.32 Å². The van der Waals surface area contributed by atoms with Crippen molar-refractivity contribution >= 4 is 5.91 Å². The molecule has 1 amide bonds. The number of amides is 1. The van der Waals surface area contributed by atoms with Gasteiger partial charge in [0.2, 0.25) is 5.75 Å². The summed E-state index contributed by atoms with van der Waals surface area (Å²) in [5, 5.41) is 2.08. The minimum atomic E-state index is -5.01. The lowest BCUT2D eigenvalue weighted by molar-refractivity contribution is -0.174. The van der Waals surface area contributed by atoms with E-state index in [1.54, 1.807) is 12.1 Å². The average Bonchev–Trinajstić information content (AvgIpc) is 3.55. The van der Waals surface area contributed by atoms with E-state index in [1.165, 1.54) is 33.5 Å². The van der Waals surface area contributed by atoms with Gasteiger partial charge < -0.3 is 19.5 Å². The lowest BCUT2D eigenvalue weighted by atomic mass is 9.96. The Kier molecular flexibility index (Phi) is 5.91. The Hall–Kier alpha value is -2.90. The quantitative estimate of drug-likeness (QED) is 0.739. The van der Waals surface area contributed by atoms with Crippen LogP contribution in [0.2, 0.25) is 0 Å². The minimum absolute atomic E-state index is 0.280. The number of carbonyl (C=O) groups is 1. The second-order valence-corrected chi connectivity index (χ2v) is 6.80. The maximum absolute atomic E-state index is 12.9. The number of nitrogens with one attached hydrogen (secondary N) is 1. The maximum atomic E-state index is 12.9. The van der Waals surface area contributed by atoms with Crippen molar-refractivity contribution in [3.05, 3.63) is 53.1 Å². The van der Waals surface area contributed by atoms with Crippen molar-refractivity contribution in [1.29, 1.82) is 0 Å². The summed E-state index contributed by atoms with van der Waals surface area (Å²) in [7, 11) is 4.25. The summed E-state index contributed by atoms with van der Waals surface area (Å²) in [5.41, 5.74) is 2.03. The molecule has 0 aliphatic heterocycles. The molecule has 0 bridgehead atoms. The molecule has 8 heteroatoms. The predicted octanol–water partition coefficient (Wildman–Crippen LogP) is 4.36. The number of methoxy groups -OCH3 is 3. The van der Waals surface area contributed by atoms with Crippen LogP contribution in [0, 0.1) is 0 Å². The molecule has 1 atom stereocenters.